The lowest BCUT2D eigenvalue weighted by Crippen LogP contribution is -2.21. The number of imidazole rings is 1. The first-order valence-electron chi connectivity index (χ1n) is 8.60. The van der Waals surface area contributed by atoms with E-state index in [1.807, 2.05) is 54.9 Å². The van der Waals surface area contributed by atoms with Crippen LogP contribution in [0.2, 0.25) is 0 Å². The lowest BCUT2D eigenvalue weighted by Gasteiger charge is -2.07. The van der Waals surface area contributed by atoms with Gasteiger partial charge in [-0.25, -0.2) is 4.98 Å². The maximum atomic E-state index is 12.1. The number of carbonyl (C=O) groups excluding carboxylic acids is 1. The summed E-state index contributed by atoms with van der Waals surface area (Å²) in [4.78, 5) is 27.1. The first kappa shape index (κ1) is 17.9. The normalized spacial score (nSPS) is 10.9. The van der Waals surface area contributed by atoms with Crippen LogP contribution in [0.3, 0.4) is 0 Å². The van der Waals surface area contributed by atoms with Crippen LogP contribution in [-0.2, 0) is 13.1 Å². The standard InChI is InChI=1S/C20H16N4O3S/c25-20(18-9-10-19(28-18)24(26)27)21-11-14-5-7-15(8-6-14)12-23-13-22-16-3-1-2-4-17(16)23/h1-10,13H,11-12H2,(H,21,25). The van der Waals surface area contributed by atoms with Crippen LogP contribution in [0, 0.1) is 10.1 Å². The van der Waals surface area contributed by atoms with Gasteiger partial charge in [0.25, 0.3) is 5.91 Å². The Morgan fingerprint density at radius 3 is 2.57 bits per heavy atom. The maximum Gasteiger partial charge on any atom is 0.324 e. The van der Waals surface area contributed by atoms with Gasteiger partial charge in [0.15, 0.2) is 0 Å². The van der Waals surface area contributed by atoms with Crippen molar-refractivity contribution in [2.45, 2.75) is 13.1 Å². The Hall–Kier alpha value is -3.52. The molecule has 0 spiro atoms. The fraction of sp³-hybridized carbons (Fsp3) is 0.100. The number of nitro groups is 1. The number of benzene rings is 2. The van der Waals surface area contributed by atoms with Crippen molar-refractivity contribution in [1.29, 1.82) is 0 Å². The molecule has 2 aromatic carbocycles. The summed E-state index contributed by atoms with van der Waals surface area (Å²) in [6, 6.07) is 18.8. The Balaban J connectivity index is 1.38. The van der Waals surface area contributed by atoms with Crippen molar-refractivity contribution in [3.05, 3.63) is 93.1 Å². The molecule has 4 rings (SSSR count). The maximum absolute atomic E-state index is 12.1. The number of carbonyl (C=O) groups is 1. The van der Waals surface area contributed by atoms with Crippen LogP contribution in [0.4, 0.5) is 5.00 Å². The summed E-state index contributed by atoms with van der Waals surface area (Å²) in [5.74, 6) is -0.313. The van der Waals surface area contributed by atoms with Gasteiger partial charge >= 0.3 is 5.00 Å². The van der Waals surface area contributed by atoms with Crippen molar-refractivity contribution in [2.75, 3.05) is 0 Å². The van der Waals surface area contributed by atoms with Crippen molar-refractivity contribution in [3.63, 3.8) is 0 Å². The minimum Gasteiger partial charge on any atom is -0.347 e. The van der Waals surface area contributed by atoms with E-state index in [1.165, 1.54) is 12.1 Å². The largest absolute Gasteiger partial charge is 0.347 e. The Morgan fingerprint density at radius 2 is 1.82 bits per heavy atom. The summed E-state index contributed by atoms with van der Waals surface area (Å²) in [5.41, 5.74) is 4.14. The third-order valence-corrected chi connectivity index (χ3v) is 5.39. The van der Waals surface area contributed by atoms with Crippen LogP contribution < -0.4 is 5.32 Å². The highest BCUT2D eigenvalue weighted by molar-refractivity contribution is 7.17. The number of hydrogen-bond acceptors (Lipinski definition) is 5. The highest BCUT2D eigenvalue weighted by atomic mass is 32.1. The number of thiophene rings is 1. The minimum atomic E-state index is -0.496. The zero-order valence-electron chi connectivity index (χ0n) is 14.7. The molecule has 0 bridgehead atoms. The molecule has 1 N–H and O–H groups in total. The molecule has 0 atom stereocenters. The van der Waals surface area contributed by atoms with Crippen LogP contribution in [0.25, 0.3) is 11.0 Å². The molecule has 2 aromatic heterocycles. The molecule has 7 nitrogen and oxygen atoms in total. The molecule has 0 aliphatic rings. The Bertz CT molecular complexity index is 1150. The third kappa shape index (κ3) is 3.77. The van der Waals surface area contributed by atoms with Gasteiger partial charge in [-0.2, -0.15) is 0 Å². The highest BCUT2D eigenvalue weighted by Crippen LogP contribution is 2.23. The van der Waals surface area contributed by atoms with Crippen molar-refractivity contribution >= 4 is 33.3 Å². The van der Waals surface area contributed by atoms with Gasteiger partial charge in [-0.15, -0.1) is 0 Å². The zero-order valence-corrected chi connectivity index (χ0v) is 15.6. The lowest BCUT2D eigenvalue weighted by molar-refractivity contribution is -0.380. The van der Waals surface area contributed by atoms with Crippen molar-refractivity contribution in [2.24, 2.45) is 0 Å². The summed E-state index contributed by atoms with van der Waals surface area (Å²) in [6.07, 6.45) is 1.83. The Labute approximate surface area is 164 Å². The van der Waals surface area contributed by atoms with Gasteiger partial charge in [0.2, 0.25) is 0 Å². The molecule has 28 heavy (non-hydrogen) atoms. The number of nitrogens with one attached hydrogen (secondary N) is 1. The summed E-state index contributed by atoms with van der Waals surface area (Å²) in [7, 11) is 0. The molecule has 4 aromatic rings. The van der Waals surface area contributed by atoms with E-state index < -0.39 is 4.92 Å². The molecule has 0 aliphatic heterocycles. The van der Waals surface area contributed by atoms with E-state index in [0.717, 1.165) is 33.5 Å². The molecule has 0 radical (unpaired) electrons. The quantitative estimate of drug-likeness (QED) is 0.397. The Kier molecular flexibility index (Phi) is 4.86. The van der Waals surface area contributed by atoms with Crippen LogP contribution in [0.1, 0.15) is 20.8 Å². The molecule has 0 saturated carbocycles. The van der Waals surface area contributed by atoms with Crippen LogP contribution in [0.15, 0.2) is 67.0 Å². The van der Waals surface area contributed by atoms with E-state index >= 15 is 0 Å². The predicted molar refractivity (Wildman–Crippen MR) is 107 cm³/mol. The summed E-state index contributed by atoms with van der Waals surface area (Å²) < 4.78 is 2.09. The van der Waals surface area contributed by atoms with Gasteiger partial charge in [-0.3, -0.25) is 14.9 Å². The molecule has 0 saturated heterocycles. The first-order chi connectivity index (χ1) is 13.6. The SMILES string of the molecule is O=C(NCc1ccc(Cn2cnc3ccccc32)cc1)c1ccc([N+](=O)[O-])s1. The molecule has 8 heteroatoms. The van der Waals surface area contributed by atoms with Gasteiger partial charge in [-0.05, 0) is 29.3 Å². The highest BCUT2D eigenvalue weighted by Gasteiger charge is 2.14. The van der Waals surface area contributed by atoms with E-state index in [0.29, 0.717) is 18.0 Å². The third-order valence-electron chi connectivity index (χ3n) is 4.35. The smallest absolute Gasteiger partial charge is 0.324 e. The molecule has 2 heterocycles. The van der Waals surface area contributed by atoms with Crippen molar-refractivity contribution in [3.8, 4) is 0 Å². The molecular weight excluding hydrogens is 376 g/mol. The molecular formula is C20H16N4O3S. The fourth-order valence-corrected chi connectivity index (χ4v) is 3.65. The summed E-state index contributed by atoms with van der Waals surface area (Å²) in [5, 5.41) is 13.5. The first-order valence-corrected chi connectivity index (χ1v) is 9.42. The van der Waals surface area contributed by atoms with Gasteiger partial charge in [0.1, 0.15) is 0 Å². The van der Waals surface area contributed by atoms with Gasteiger partial charge in [0.05, 0.1) is 27.2 Å². The second-order valence-corrected chi connectivity index (χ2v) is 7.32. The second-order valence-electron chi connectivity index (χ2n) is 6.26. The number of aromatic nitrogens is 2. The zero-order chi connectivity index (χ0) is 19.5. The number of fused-ring (bicyclic) bond motifs is 1. The number of para-hydroxylation sites is 2. The minimum absolute atomic E-state index is 0.0403. The summed E-state index contributed by atoms with van der Waals surface area (Å²) >= 11 is 0.870. The van der Waals surface area contributed by atoms with Crippen molar-refractivity contribution in [1.82, 2.24) is 14.9 Å². The fourth-order valence-electron chi connectivity index (χ4n) is 2.91. The Morgan fingerprint density at radius 1 is 1.07 bits per heavy atom. The summed E-state index contributed by atoms with van der Waals surface area (Å²) in [6.45, 7) is 1.07. The van der Waals surface area contributed by atoms with Gasteiger partial charge in [-0.1, -0.05) is 47.7 Å². The van der Waals surface area contributed by atoms with Crippen LogP contribution in [0.5, 0.6) is 0 Å². The molecule has 0 unspecified atom stereocenters. The average Bonchev–Trinajstić information content (AvgIpc) is 3.35. The van der Waals surface area contributed by atoms with E-state index in [1.54, 1.807) is 0 Å². The topological polar surface area (TPSA) is 90.1 Å². The predicted octanol–water partition coefficient (Wildman–Crippen LogP) is 3.98. The van der Waals surface area contributed by atoms with E-state index in [-0.39, 0.29) is 10.9 Å². The monoisotopic (exact) mass is 392 g/mol. The van der Waals surface area contributed by atoms with Crippen molar-refractivity contribution < 1.29 is 9.72 Å². The van der Waals surface area contributed by atoms with Crippen LogP contribution in [-0.4, -0.2) is 20.4 Å². The average molecular weight is 392 g/mol. The lowest BCUT2D eigenvalue weighted by atomic mass is 10.1. The number of rotatable bonds is 6. The van der Waals surface area contributed by atoms with Crippen LogP contribution >= 0.6 is 11.3 Å². The van der Waals surface area contributed by atoms with Gasteiger partial charge < -0.3 is 9.88 Å². The number of amides is 1. The second kappa shape index (κ2) is 7.61. The van der Waals surface area contributed by atoms with E-state index in [4.69, 9.17) is 0 Å². The number of nitrogens with zero attached hydrogens (tertiary/aromatic N) is 3. The number of hydrogen-bond donors (Lipinski definition) is 1. The van der Waals surface area contributed by atoms with E-state index in [2.05, 4.69) is 14.9 Å². The van der Waals surface area contributed by atoms with Gasteiger partial charge in [0, 0.05) is 19.2 Å². The molecule has 0 aliphatic carbocycles. The molecule has 0 fully saturated rings. The van der Waals surface area contributed by atoms with E-state index in [9.17, 15) is 14.9 Å². The molecule has 1 amide bonds. The molecule has 140 valence electrons.